The van der Waals surface area contributed by atoms with Crippen LogP contribution in [-0.2, 0) is 30.7 Å². The molecule has 27 heavy (non-hydrogen) atoms. The molecule has 2 N–H and O–H groups in total. The van der Waals surface area contributed by atoms with Crippen LogP contribution in [0.15, 0.2) is 23.2 Å². The van der Waals surface area contributed by atoms with Crippen LogP contribution in [0.3, 0.4) is 0 Å². The van der Waals surface area contributed by atoms with Crippen molar-refractivity contribution in [3.8, 4) is 0 Å². The van der Waals surface area contributed by atoms with Gasteiger partial charge in [0.2, 0.25) is 0 Å². The second-order valence-corrected chi connectivity index (χ2v) is 7.34. The fourth-order valence-electron chi connectivity index (χ4n) is 3.14. The van der Waals surface area contributed by atoms with Gasteiger partial charge in [-0.25, -0.2) is 9.67 Å². The number of benzene rings is 1. The molecule has 1 aromatic carbocycles. The summed E-state index contributed by atoms with van der Waals surface area (Å²) < 4.78 is 7.07. The molecule has 0 spiro atoms. The van der Waals surface area contributed by atoms with Crippen LogP contribution < -0.4 is 10.6 Å². The van der Waals surface area contributed by atoms with Gasteiger partial charge >= 0.3 is 0 Å². The zero-order valence-electron chi connectivity index (χ0n) is 15.5. The smallest absolute Gasteiger partial charge is 0.191 e. The topological polar surface area (TPSA) is 76.4 Å². The average molecular weight is 411 g/mol. The molecule has 0 amide bonds. The third-order valence-electron chi connectivity index (χ3n) is 4.37. The maximum Gasteiger partial charge on any atom is 0.191 e. The van der Waals surface area contributed by atoms with Gasteiger partial charge < -0.3 is 15.4 Å². The van der Waals surface area contributed by atoms with E-state index in [0.29, 0.717) is 16.7 Å². The number of nitrogens with zero attached hydrogens (tertiary/aromatic N) is 4. The highest BCUT2D eigenvalue weighted by Crippen LogP contribution is 2.19. The van der Waals surface area contributed by atoms with E-state index in [2.05, 4.69) is 25.7 Å². The largest absolute Gasteiger partial charge is 0.377 e. The summed E-state index contributed by atoms with van der Waals surface area (Å²) in [5, 5.41) is 12.6. The van der Waals surface area contributed by atoms with Gasteiger partial charge in [-0.2, -0.15) is 5.10 Å². The first-order valence-corrected chi connectivity index (χ1v) is 9.66. The molecule has 0 fully saturated rings. The lowest BCUT2D eigenvalue weighted by atomic mass is 10.1. The summed E-state index contributed by atoms with van der Waals surface area (Å²) >= 11 is 12.1. The Morgan fingerprint density at radius 3 is 2.81 bits per heavy atom. The highest BCUT2D eigenvalue weighted by Gasteiger charge is 2.22. The molecule has 1 aliphatic heterocycles. The second-order valence-electron chi connectivity index (χ2n) is 6.47. The van der Waals surface area contributed by atoms with Crippen molar-refractivity contribution in [2.45, 2.75) is 38.5 Å². The lowest BCUT2D eigenvalue weighted by molar-refractivity contribution is 0.177. The average Bonchev–Trinajstić information content (AvgIpc) is 3.02. The van der Waals surface area contributed by atoms with Crippen molar-refractivity contribution in [2.75, 3.05) is 20.7 Å². The summed E-state index contributed by atoms with van der Waals surface area (Å²) in [6.45, 7) is 1.93. The number of fused-ring (bicyclic) bond motifs is 1. The minimum atomic E-state index is 0.251. The Labute approximate surface area is 169 Å². The molecule has 1 unspecified atom stereocenters. The highest BCUT2D eigenvalue weighted by atomic mass is 35.5. The van der Waals surface area contributed by atoms with Gasteiger partial charge in [0, 0.05) is 43.2 Å². The highest BCUT2D eigenvalue weighted by molar-refractivity contribution is 6.34. The van der Waals surface area contributed by atoms with E-state index in [0.717, 1.165) is 55.5 Å². The zero-order chi connectivity index (χ0) is 19.2. The van der Waals surface area contributed by atoms with Crippen molar-refractivity contribution in [1.82, 2.24) is 25.4 Å². The molecule has 2 aromatic rings. The summed E-state index contributed by atoms with van der Waals surface area (Å²) in [6, 6.07) is 5.84. The molecule has 7 nitrogen and oxygen atoms in total. The Morgan fingerprint density at radius 1 is 1.33 bits per heavy atom. The number of aromatic nitrogens is 3. The summed E-state index contributed by atoms with van der Waals surface area (Å²) in [6.07, 6.45) is 2.67. The molecule has 0 saturated heterocycles. The van der Waals surface area contributed by atoms with E-state index in [-0.39, 0.29) is 6.04 Å². The van der Waals surface area contributed by atoms with Gasteiger partial charge in [0.15, 0.2) is 11.8 Å². The quantitative estimate of drug-likeness (QED) is 0.564. The molecule has 146 valence electrons. The number of nitrogens with one attached hydrogen (secondary N) is 2. The van der Waals surface area contributed by atoms with Crippen molar-refractivity contribution in [3.05, 3.63) is 45.5 Å². The van der Waals surface area contributed by atoms with Crippen molar-refractivity contribution in [1.29, 1.82) is 0 Å². The maximum atomic E-state index is 6.05. The van der Waals surface area contributed by atoms with Gasteiger partial charge in [-0.15, -0.1) is 0 Å². The fourth-order valence-corrected chi connectivity index (χ4v) is 3.71. The minimum absolute atomic E-state index is 0.251. The van der Waals surface area contributed by atoms with Crippen LogP contribution >= 0.6 is 23.2 Å². The lowest BCUT2D eigenvalue weighted by Crippen LogP contribution is -2.47. The van der Waals surface area contributed by atoms with E-state index in [1.165, 1.54) is 0 Å². The number of aliphatic imine (C=N–C) groups is 1. The summed E-state index contributed by atoms with van der Waals surface area (Å²) in [5.41, 5.74) is 1.09. The van der Waals surface area contributed by atoms with Gasteiger partial charge in [0.05, 0.1) is 6.54 Å². The molecular weight excluding hydrogens is 387 g/mol. The van der Waals surface area contributed by atoms with Crippen LogP contribution in [0, 0.1) is 0 Å². The van der Waals surface area contributed by atoms with Crippen molar-refractivity contribution in [3.63, 3.8) is 0 Å². The van der Waals surface area contributed by atoms with Gasteiger partial charge in [-0.05, 0) is 36.6 Å². The van der Waals surface area contributed by atoms with Crippen LogP contribution in [0.4, 0.5) is 0 Å². The number of hydrogen-bond donors (Lipinski definition) is 2. The van der Waals surface area contributed by atoms with Crippen LogP contribution in [0.1, 0.15) is 23.6 Å². The van der Waals surface area contributed by atoms with Gasteiger partial charge in [-0.3, -0.25) is 4.99 Å². The Hall–Kier alpha value is -1.83. The molecule has 1 aromatic heterocycles. The number of halogens is 2. The minimum Gasteiger partial charge on any atom is -0.377 e. The van der Waals surface area contributed by atoms with Gasteiger partial charge in [0.25, 0.3) is 0 Å². The van der Waals surface area contributed by atoms with Crippen LogP contribution in [-0.4, -0.2) is 47.5 Å². The van der Waals surface area contributed by atoms with E-state index in [1.54, 1.807) is 20.2 Å². The predicted octanol–water partition coefficient (Wildman–Crippen LogP) is 2.45. The first-order valence-electron chi connectivity index (χ1n) is 8.91. The lowest BCUT2D eigenvalue weighted by Gasteiger charge is -2.25. The van der Waals surface area contributed by atoms with Gasteiger partial charge in [-0.1, -0.05) is 23.2 Å². The van der Waals surface area contributed by atoms with E-state index in [4.69, 9.17) is 27.9 Å². The Morgan fingerprint density at radius 2 is 2.11 bits per heavy atom. The molecule has 3 rings (SSSR count). The second kappa shape index (κ2) is 9.39. The zero-order valence-corrected chi connectivity index (χ0v) is 17.0. The fraction of sp³-hybridized carbons (Fsp3) is 0.500. The molecule has 2 heterocycles. The molecule has 0 aliphatic carbocycles. The number of aryl methyl sites for hydroxylation is 1. The SMILES string of the molecule is CN=C(NCCc1cc(Cl)cc(Cl)c1)NC1CCc2nc(COC)nn2C1. The van der Waals surface area contributed by atoms with Crippen LogP contribution in [0.25, 0.3) is 0 Å². The third-order valence-corrected chi connectivity index (χ3v) is 4.80. The van der Waals surface area contributed by atoms with Crippen molar-refractivity contribution in [2.24, 2.45) is 4.99 Å². The molecule has 1 aliphatic rings. The van der Waals surface area contributed by atoms with Crippen molar-refractivity contribution < 1.29 is 4.74 Å². The Balaban J connectivity index is 1.50. The molecule has 9 heteroatoms. The summed E-state index contributed by atoms with van der Waals surface area (Å²) in [4.78, 5) is 8.82. The maximum absolute atomic E-state index is 6.05. The normalized spacial score (nSPS) is 16.9. The first kappa shape index (κ1) is 19.9. The molecular formula is C18H24Cl2N6O. The predicted molar refractivity (Wildman–Crippen MR) is 108 cm³/mol. The van der Waals surface area contributed by atoms with E-state index < -0.39 is 0 Å². The first-order chi connectivity index (χ1) is 13.1. The van der Waals surface area contributed by atoms with Crippen LogP contribution in [0.2, 0.25) is 10.0 Å². The monoisotopic (exact) mass is 410 g/mol. The van der Waals surface area contributed by atoms with E-state index in [1.807, 2.05) is 16.8 Å². The Kier molecular flexibility index (Phi) is 6.93. The summed E-state index contributed by atoms with van der Waals surface area (Å²) in [7, 11) is 3.42. The van der Waals surface area contributed by atoms with E-state index >= 15 is 0 Å². The standard InChI is InChI=1S/C18H24Cl2N6O/c1-21-18(22-6-5-12-7-13(19)9-14(20)8-12)23-15-3-4-17-24-16(11-27-2)25-26(17)10-15/h7-9,15H,3-6,10-11H2,1-2H3,(H2,21,22,23). The Bertz CT molecular complexity index is 787. The molecule has 1 atom stereocenters. The number of guanidine groups is 1. The van der Waals surface area contributed by atoms with Gasteiger partial charge in [0.1, 0.15) is 12.4 Å². The van der Waals surface area contributed by atoms with E-state index in [9.17, 15) is 0 Å². The number of hydrogen-bond acceptors (Lipinski definition) is 4. The molecule has 0 radical (unpaired) electrons. The number of ether oxygens (including phenoxy) is 1. The van der Waals surface area contributed by atoms with Crippen molar-refractivity contribution >= 4 is 29.2 Å². The number of rotatable bonds is 6. The number of methoxy groups -OCH3 is 1. The van der Waals surface area contributed by atoms with Crippen LogP contribution in [0.5, 0.6) is 0 Å². The molecule has 0 saturated carbocycles. The third kappa shape index (κ3) is 5.57. The molecule has 0 bridgehead atoms. The summed E-state index contributed by atoms with van der Waals surface area (Å²) in [5.74, 6) is 2.52.